The normalized spacial score (nSPS) is 16.5. The summed E-state index contributed by atoms with van der Waals surface area (Å²) in [5, 5.41) is 0. The van der Waals surface area contributed by atoms with E-state index in [-0.39, 0.29) is 11.7 Å². The van der Waals surface area contributed by atoms with Gasteiger partial charge >= 0.3 is 0 Å². The highest BCUT2D eigenvalue weighted by Gasteiger charge is 2.09. The van der Waals surface area contributed by atoms with E-state index in [1.54, 1.807) is 36.5 Å². The molecular formula is C14H13BrN2O2. The zero-order chi connectivity index (χ0) is 13.7. The zero-order valence-electron chi connectivity index (χ0n) is 10.2. The lowest BCUT2D eigenvalue weighted by atomic mass is 10.0. The quantitative estimate of drug-likeness (QED) is 0.664. The van der Waals surface area contributed by atoms with Gasteiger partial charge in [0.15, 0.2) is 5.78 Å². The number of carbonyl (C=O) groups excluding carboxylic acids is 2. The molecule has 1 aromatic carbocycles. The van der Waals surface area contributed by atoms with E-state index in [2.05, 4.69) is 26.8 Å². The lowest BCUT2D eigenvalue weighted by molar-refractivity contribution is -0.111. The van der Waals surface area contributed by atoms with Crippen molar-refractivity contribution in [2.45, 2.75) is 12.8 Å². The van der Waals surface area contributed by atoms with Crippen LogP contribution in [0.2, 0.25) is 0 Å². The van der Waals surface area contributed by atoms with Gasteiger partial charge in [-0.05, 0) is 43.2 Å². The van der Waals surface area contributed by atoms with E-state index in [0.29, 0.717) is 17.6 Å². The fourth-order valence-corrected chi connectivity index (χ4v) is 1.93. The third kappa shape index (κ3) is 3.79. The topological polar surface area (TPSA) is 58.2 Å². The summed E-state index contributed by atoms with van der Waals surface area (Å²) < 4.78 is 0.915. The van der Waals surface area contributed by atoms with E-state index < -0.39 is 0 Å². The second kappa shape index (κ2) is 6.33. The molecule has 2 N–H and O–H groups in total. The van der Waals surface area contributed by atoms with Crippen molar-refractivity contribution in [3.63, 3.8) is 0 Å². The number of hydrogen-bond donors (Lipinski definition) is 2. The van der Waals surface area contributed by atoms with Gasteiger partial charge in [-0.1, -0.05) is 22.0 Å². The third-order valence-corrected chi connectivity index (χ3v) is 3.23. The van der Waals surface area contributed by atoms with Crippen molar-refractivity contribution in [1.82, 2.24) is 10.9 Å². The maximum Gasteiger partial charge on any atom is 0.269 e. The van der Waals surface area contributed by atoms with E-state index in [1.165, 1.54) is 0 Å². The molecule has 2 rings (SSSR count). The first-order valence-electron chi connectivity index (χ1n) is 5.88. The van der Waals surface area contributed by atoms with Crippen molar-refractivity contribution in [3.05, 3.63) is 58.2 Å². The summed E-state index contributed by atoms with van der Waals surface area (Å²) in [6.07, 6.45) is 6.48. The van der Waals surface area contributed by atoms with E-state index in [4.69, 9.17) is 0 Å². The van der Waals surface area contributed by atoms with Crippen LogP contribution in [-0.4, -0.2) is 11.7 Å². The largest absolute Gasteiger partial charge is 0.305 e. The van der Waals surface area contributed by atoms with Gasteiger partial charge in [0.25, 0.3) is 5.91 Å². The van der Waals surface area contributed by atoms with Gasteiger partial charge < -0.3 is 5.43 Å². The van der Waals surface area contributed by atoms with E-state index in [9.17, 15) is 9.59 Å². The molecule has 98 valence electrons. The molecule has 0 saturated heterocycles. The van der Waals surface area contributed by atoms with Crippen molar-refractivity contribution < 1.29 is 9.59 Å². The molecule has 5 heteroatoms. The van der Waals surface area contributed by atoms with Crippen LogP contribution in [-0.2, 0) is 4.79 Å². The Labute approximate surface area is 119 Å². The molecule has 0 saturated carbocycles. The monoisotopic (exact) mass is 320 g/mol. The highest BCUT2D eigenvalue weighted by atomic mass is 79.9. The first-order valence-corrected chi connectivity index (χ1v) is 6.67. The molecule has 4 nitrogen and oxygen atoms in total. The molecule has 0 bridgehead atoms. The lowest BCUT2D eigenvalue weighted by Gasteiger charge is -2.09. The van der Waals surface area contributed by atoms with Gasteiger partial charge in [-0.2, -0.15) is 0 Å². The maximum atomic E-state index is 11.8. The molecule has 0 fully saturated rings. The Morgan fingerprint density at radius 1 is 1.26 bits per heavy atom. The fraction of sp³-hybridized carbons (Fsp3) is 0.143. The van der Waals surface area contributed by atoms with Gasteiger partial charge in [-0.25, -0.2) is 0 Å². The van der Waals surface area contributed by atoms with Crippen LogP contribution in [0.15, 0.2) is 52.7 Å². The molecule has 0 heterocycles. The molecule has 0 atom stereocenters. The first kappa shape index (κ1) is 13.5. The number of ketones is 1. The second-order valence-corrected chi connectivity index (χ2v) is 5.00. The fourth-order valence-electron chi connectivity index (χ4n) is 1.66. The molecule has 1 amide bonds. The van der Waals surface area contributed by atoms with Crippen molar-refractivity contribution >= 4 is 27.6 Å². The van der Waals surface area contributed by atoms with E-state index >= 15 is 0 Å². The van der Waals surface area contributed by atoms with Gasteiger partial charge in [0.05, 0.1) is 0 Å². The van der Waals surface area contributed by atoms with E-state index in [1.807, 2.05) is 6.08 Å². The van der Waals surface area contributed by atoms with Crippen LogP contribution in [0.25, 0.3) is 0 Å². The van der Waals surface area contributed by atoms with Gasteiger partial charge in [0.2, 0.25) is 0 Å². The molecule has 1 aromatic rings. The Kier molecular flexibility index (Phi) is 4.52. The second-order valence-electron chi connectivity index (χ2n) is 4.08. The minimum atomic E-state index is -0.247. The molecule has 0 aromatic heterocycles. The summed E-state index contributed by atoms with van der Waals surface area (Å²) in [7, 11) is 0. The van der Waals surface area contributed by atoms with Crippen LogP contribution in [0.4, 0.5) is 0 Å². The number of rotatable bonds is 3. The van der Waals surface area contributed by atoms with Gasteiger partial charge in [0.1, 0.15) is 0 Å². The van der Waals surface area contributed by atoms with E-state index in [0.717, 1.165) is 10.9 Å². The summed E-state index contributed by atoms with van der Waals surface area (Å²) in [5.74, 6) is -0.264. The summed E-state index contributed by atoms with van der Waals surface area (Å²) in [4.78, 5) is 23.2. The Hall–Kier alpha value is -1.88. The van der Waals surface area contributed by atoms with Gasteiger partial charge in [-0.15, -0.1) is 0 Å². The SMILES string of the molecule is O=C1C=CCC/C1=C\NNC(=O)c1ccc(Br)cc1. The summed E-state index contributed by atoms with van der Waals surface area (Å²) in [6, 6.07) is 7.01. The highest BCUT2D eigenvalue weighted by Crippen LogP contribution is 2.12. The summed E-state index contributed by atoms with van der Waals surface area (Å²) in [6.45, 7) is 0. The smallest absolute Gasteiger partial charge is 0.269 e. The van der Waals surface area contributed by atoms with Crippen LogP contribution in [0.3, 0.4) is 0 Å². The minimum Gasteiger partial charge on any atom is -0.305 e. The van der Waals surface area contributed by atoms with Gasteiger partial charge in [-0.3, -0.25) is 15.0 Å². The molecule has 0 radical (unpaired) electrons. The van der Waals surface area contributed by atoms with Gasteiger partial charge in [0, 0.05) is 21.8 Å². The highest BCUT2D eigenvalue weighted by molar-refractivity contribution is 9.10. The Bertz CT molecular complexity index is 547. The van der Waals surface area contributed by atoms with Crippen molar-refractivity contribution in [3.8, 4) is 0 Å². The molecule has 0 unspecified atom stereocenters. The average Bonchev–Trinajstić information content (AvgIpc) is 2.41. The predicted octanol–water partition coefficient (Wildman–Crippen LogP) is 2.49. The van der Waals surface area contributed by atoms with Crippen LogP contribution >= 0.6 is 15.9 Å². The van der Waals surface area contributed by atoms with Crippen LogP contribution in [0.1, 0.15) is 23.2 Å². The number of carbonyl (C=O) groups is 2. The molecule has 0 aliphatic heterocycles. The molecule has 19 heavy (non-hydrogen) atoms. The zero-order valence-corrected chi connectivity index (χ0v) is 11.7. The van der Waals surface area contributed by atoms with Crippen LogP contribution in [0, 0.1) is 0 Å². The van der Waals surface area contributed by atoms with Crippen molar-refractivity contribution in [2.75, 3.05) is 0 Å². The third-order valence-electron chi connectivity index (χ3n) is 2.70. The molecule has 1 aliphatic carbocycles. The number of halogens is 1. The predicted molar refractivity (Wildman–Crippen MR) is 76.2 cm³/mol. The first-order chi connectivity index (χ1) is 9.16. The number of nitrogens with one attached hydrogen (secondary N) is 2. The summed E-state index contributed by atoms with van der Waals surface area (Å²) >= 11 is 3.31. The average molecular weight is 321 g/mol. The number of amides is 1. The Balaban J connectivity index is 1.90. The van der Waals surface area contributed by atoms with Crippen LogP contribution < -0.4 is 10.9 Å². The minimum absolute atomic E-state index is 0.0170. The number of benzene rings is 1. The molecule has 0 spiro atoms. The maximum absolute atomic E-state index is 11.8. The number of hydrogen-bond acceptors (Lipinski definition) is 3. The van der Waals surface area contributed by atoms with Crippen molar-refractivity contribution in [1.29, 1.82) is 0 Å². The lowest BCUT2D eigenvalue weighted by Crippen LogP contribution is -2.34. The molecule has 1 aliphatic rings. The Morgan fingerprint density at radius 2 is 2.00 bits per heavy atom. The standard InChI is InChI=1S/C14H13BrN2O2/c15-12-7-5-10(6-8-12)14(19)17-16-9-11-3-1-2-4-13(11)18/h2,4-9,16H,1,3H2,(H,17,19)/b11-9+. The number of hydrazine groups is 1. The summed E-state index contributed by atoms with van der Waals surface area (Å²) in [5.41, 5.74) is 6.41. The van der Waals surface area contributed by atoms with Crippen LogP contribution in [0.5, 0.6) is 0 Å². The number of allylic oxidation sites excluding steroid dienone is 3. The Morgan fingerprint density at radius 3 is 2.68 bits per heavy atom. The molecular weight excluding hydrogens is 308 g/mol. The van der Waals surface area contributed by atoms with Crippen molar-refractivity contribution in [2.24, 2.45) is 0 Å².